The minimum Gasteiger partial charge on any atom is -0.391 e. The molecule has 2 aliphatic rings. The molecule has 0 saturated carbocycles. The van der Waals surface area contributed by atoms with Gasteiger partial charge in [-0.2, -0.15) is 0 Å². The molecule has 1 aromatic heterocycles. The monoisotopic (exact) mass is 485 g/mol. The van der Waals surface area contributed by atoms with Gasteiger partial charge in [0.2, 0.25) is 18.0 Å². The number of likely N-dealkylation sites (tertiary alicyclic amines) is 1. The van der Waals surface area contributed by atoms with Crippen LogP contribution >= 0.6 is 11.3 Å². The first-order chi connectivity index (χ1) is 16.0. The fraction of sp³-hybridized carbons (Fsp3) is 0.500. The van der Waals surface area contributed by atoms with E-state index in [0.29, 0.717) is 18.7 Å². The van der Waals surface area contributed by atoms with Crippen molar-refractivity contribution in [2.24, 2.45) is 10.4 Å². The molecule has 4 atom stereocenters. The quantitative estimate of drug-likeness (QED) is 0.541. The van der Waals surface area contributed by atoms with Crippen LogP contribution in [0.3, 0.4) is 0 Å². The van der Waals surface area contributed by atoms with Crippen molar-refractivity contribution in [3.63, 3.8) is 0 Å². The fourth-order valence-corrected chi connectivity index (χ4v) is 5.26. The van der Waals surface area contributed by atoms with Crippen molar-refractivity contribution in [1.29, 1.82) is 0 Å². The molecule has 34 heavy (non-hydrogen) atoms. The van der Waals surface area contributed by atoms with Crippen LogP contribution in [0.4, 0.5) is 0 Å². The summed E-state index contributed by atoms with van der Waals surface area (Å²) in [6, 6.07) is 6.77. The van der Waals surface area contributed by atoms with E-state index in [-0.39, 0.29) is 12.5 Å². The number of hydrogen-bond acceptors (Lipinski definition) is 8. The third-order valence-corrected chi connectivity index (χ3v) is 7.32. The Hall–Kier alpha value is -2.82. The van der Waals surface area contributed by atoms with Crippen molar-refractivity contribution in [2.75, 3.05) is 6.54 Å². The summed E-state index contributed by atoms with van der Waals surface area (Å²) in [5.74, 6) is 0.220. The number of nitrogens with zero attached hydrogens (tertiary/aromatic N) is 3. The highest BCUT2D eigenvalue weighted by atomic mass is 32.1. The molecular weight excluding hydrogens is 454 g/mol. The number of aliphatic hydroxyl groups excluding tert-OH is 1. The number of aliphatic hydroxyl groups is 1. The van der Waals surface area contributed by atoms with Crippen LogP contribution in [-0.4, -0.2) is 57.9 Å². The summed E-state index contributed by atoms with van der Waals surface area (Å²) in [6.07, 6.45) is 0.181. The van der Waals surface area contributed by atoms with E-state index < -0.39 is 29.3 Å². The van der Waals surface area contributed by atoms with Gasteiger partial charge in [-0.3, -0.25) is 9.59 Å². The Morgan fingerprint density at radius 1 is 1.38 bits per heavy atom. The molecule has 0 spiro atoms. The minimum absolute atomic E-state index is 0.164. The van der Waals surface area contributed by atoms with Crippen LogP contribution in [0.15, 0.2) is 34.8 Å². The Balaban J connectivity index is 1.58. The van der Waals surface area contributed by atoms with Gasteiger partial charge >= 0.3 is 0 Å². The van der Waals surface area contributed by atoms with Gasteiger partial charge < -0.3 is 15.3 Å². The Morgan fingerprint density at radius 2 is 2.09 bits per heavy atom. The molecule has 0 bridgehead atoms. The number of rotatable bonds is 6. The van der Waals surface area contributed by atoms with Gasteiger partial charge in [0.15, 0.2) is 0 Å². The predicted molar refractivity (Wildman–Crippen MR) is 130 cm³/mol. The van der Waals surface area contributed by atoms with E-state index in [1.165, 1.54) is 0 Å². The molecule has 9 nitrogen and oxygen atoms in total. The van der Waals surface area contributed by atoms with Crippen molar-refractivity contribution in [1.82, 2.24) is 20.7 Å². The molecule has 0 radical (unpaired) electrons. The average molecular weight is 486 g/mol. The number of amidine groups is 1. The van der Waals surface area contributed by atoms with Gasteiger partial charge in [0.25, 0.3) is 0 Å². The molecule has 1 aromatic carbocycles. The predicted octanol–water partition coefficient (Wildman–Crippen LogP) is 2.35. The molecule has 3 heterocycles. The lowest BCUT2D eigenvalue weighted by Gasteiger charge is -2.34. The number of β-amino-alcohol motifs (C(OH)–C–C–N with tert-alkyl or cyclic N) is 1. The van der Waals surface area contributed by atoms with E-state index in [2.05, 4.69) is 15.8 Å². The maximum absolute atomic E-state index is 13.4. The van der Waals surface area contributed by atoms with Gasteiger partial charge in [0.1, 0.15) is 11.9 Å². The van der Waals surface area contributed by atoms with Crippen molar-refractivity contribution < 1.29 is 19.5 Å². The molecular formula is C24H31N5O4S. The van der Waals surface area contributed by atoms with E-state index in [4.69, 9.17) is 9.83 Å². The summed E-state index contributed by atoms with van der Waals surface area (Å²) in [5, 5.41) is 13.0. The maximum atomic E-state index is 13.4. The van der Waals surface area contributed by atoms with Crippen molar-refractivity contribution in [3.05, 3.63) is 41.0 Å². The molecule has 1 unspecified atom stereocenters. The molecule has 10 heteroatoms. The van der Waals surface area contributed by atoms with Gasteiger partial charge in [0, 0.05) is 18.5 Å². The summed E-state index contributed by atoms with van der Waals surface area (Å²) in [4.78, 5) is 42.2. The minimum atomic E-state index is -0.983. The number of nitrogens with one attached hydrogen (secondary N) is 2. The van der Waals surface area contributed by atoms with Crippen molar-refractivity contribution in [2.45, 2.75) is 65.0 Å². The number of aromatic nitrogens is 1. The van der Waals surface area contributed by atoms with Gasteiger partial charge in [-0.15, -0.1) is 11.3 Å². The highest BCUT2D eigenvalue weighted by molar-refractivity contribution is 7.13. The number of amides is 2. The SMILES string of the molecule is Cc1ncsc1-c1ccc(C2(C)N=C([C@@H]3C[C@@H](O)CN3C(=O)[C@@H](NC=O)C(C)(C)C)NO2)cc1. The number of aliphatic imine (C=N–C) groups is 1. The zero-order chi connectivity index (χ0) is 24.7. The Morgan fingerprint density at radius 3 is 2.68 bits per heavy atom. The number of benzene rings is 1. The first-order valence-electron chi connectivity index (χ1n) is 11.3. The van der Waals surface area contributed by atoms with E-state index in [0.717, 1.165) is 21.7 Å². The second-order valence-electron chi connectivity index (χ2n) is 10.0. The van der Waals surface area contributed by atoms with Crippen LogP contribution in [-0.2, 0) is 20.2 Å². The Labute approximate surface area is 203 Å². The number of hydroxylamine groups is 1. The van der Waals surface area contributed by atoms with Gasteiger partial charge in [-0.05, 0) is 24.8 Å². The lowest BCUT2D eigenvalue weighted by Crippen LogP contribution is -2.56. The zero-order valence-electron chi connectivity index (χ0n) is 20.0. The average Bonchev–Trinajstić information content (AvgIpc) is 3.49. The first kappa shape index (κ1) is 24.3. The lowest BCUT2D eigenvalue weighted by atomic mass is 9.85. The van der Waals surface area contributed by atoms with Crippen molar-refractivity contribution in [3.8, 4) is 10.4 Å². The van der Waals surface area contributed by atoms with Crippen LogP contribution in [0.25, 0.3) is 10.4 Å². The molecule has 2 aromatic rings. The summed E-state index contributed by atoms with van der Waals surface area (Å²) in [7, 11) is 0. The number of thiazole rings is 1. The summed E-state index contributed by atoms with van der Waals surface area (Å²) in [5.41, 5.74) is 6.18. The second kappa shape index (κ2) is 9.09. The number of carbonyl (C=O) groups is 2. The maximum Gasteiger partial charge on any atom is 0.246 e. The standard InChI is InChI=1S/C24H31N5O4S/c1-14-19(34-13-26-14)15-6-8-16(9-7-15)24(5)27-21(28-33-24)18-10-17(31)11-29(18)22(32)20(25-12-30)23(2,3)4/h6-9,12-13,17-18,20,31H,10-11H2,1-5H3,(H,25,30)(H,27,28)/t17-,18+,20-,24?/m1/s1. The van der Waals surface area contributed by atoms with Crippen LogP contribution in [0.5, 0.6) is 0 Å². The number of aryl methyl sites for hydroxylation is 1. The van der Waals surface area contributed by atoms with E-state index in [1.54, 1.807) is 16.2 Å². The van der Waals surface area contributed by atoms with Crippen LogP contribution in [0.2, 0.25) is 0 Å². The van der Waals surface area contributed by atoms with E-state index in [9.17, 15) is 14.7 Å². The molecule has 4 rings (SSSR count). The molecule has 2 amide bonds. The zero-order valence-corrected chi connectivity index (χ0v) is 20.8. The summed E-state index contributed by atoms with van der Waals surface area (Å²) < 4.78 is 0. The molecule has 1 fully saturated rings. The van der Waals surface area contributed by atoms with E-state index in [1.807, 2.05) is 64.4 Å². The van der Waals surface area contributed by atoms with Crippen LogP contribution in [0.1, 0.15) is 45.4 Å². The molecule has 2 aliphatic heterocycles. The normalized spacial score (nSPS) is 25.6. The Kier molecular flexibility index (Phi) is 6.50. The largest absolute Gasteiger partial charge is 0.391 e. The van der Waals surface area contributed by atoms with Crippen LogP contribution in [0, 0.1) is 12.3 Å². The molecule has 0 aliphatic carbocycles. The second-order valence-corrected chi connectivity index (χ2v) is 10.9. The molecule has 182 valence electrons. The smallest absolute Gasteiger partial charge is 0.246 e. The van der Waals surface area contributed by atoms with Gasteiger partial charge in [-0.25, -0.2) is 20.3 Å². The van der Waals surface area contributed by atoms with Crippen molar-refractivity contribution >= 4 is 29.5 Å². The first-order valence-corrected chi connectivity index (χ1v) is 12.1. The summed E-state index contributed by atoms with van der Waals surface area (Å²) >= 11 is 1.60. The number of carbonyl (C=O) groups excluding carboxylic acids is 2. The number of hydrogen-bond donors (Lipinski definition) is 3. The lowest BCUT2D eigenvalue weighted by molar-refractivity contribution is -0.137. The third kappa shape index (κ3) is 4.57. The van der Waals surface area contributed by atoms with Gasteiger partial charge in [-0.1, -0.05) is 45.0 Å². The highest BCUT2D eigenvalue weighted by Gasteiger charge is 2.46. The fourth-order valence-electron chi connectivity index (χ4n) is 4.45. The Bertz CT molecular complexity index is 1090. The molecule has 3 N–H and O–H groups in total. The van der Waals surface area contributed by atoms with E-state index >= 15 is 0 Å². The topological polar surface area (TPSA) is 116 Å². The highest BCUT2D eigenvalue weighted by Crippen LogP contribution is 2.35. The van der Waals surface area contributed by atoms with Gasteiger partial charge in [0.05, 0.1) is 28.2 Å². The summed E-state index contributed by atoms with van der Waals surface area (Å²) in [6.45, 7) is 9.66. The molecule has 1 saturated heterocycles. The third-order valence-electron chi connectivity index (χ3n) is 6.34. The van der Waals surface area contributed by atoms with Crippen LogP contribution < -0.4 is 10.8 Å².